The number of hydrogen-bond donors (Lipinski definition) is 2. The van der Waals surface area contributed by atoms with Gasteiger partial charge in [-0.1, -0.05) is 42.5 Å². The van der Waals surface area contributed by atoms with Gasteiger partial charge in [0.25, 0.3) is 0 Å². The predicted octanol–water partition coefficient (Wildman–Crippen LogP) is 2.96. The van der Waals surface area contributed by atoms with Crippen LogP contribution in [0.5, 0.6) is 0 Å². The van der Waals surface area contributed by atoms with E-state index in [4.69, 9.17) is 4.74 Å². The van der Waals surface area contributed by atoms with Crippen LogP contribution in [0, 0.1) is 0 Å². The largest absolute Gasteiger partial charge is 0.479 e. The molecule has 0 aliphatic heterocycles. The molecule has 0 aromatic heterocycles. The normalized spacial score (nSPS) is 13.8. The van der Waals surface area contributed by atoms with E-state index in [1.54, 1.807) is 39.0 Å². The lowest BCUT2D eigenvalue weighted by atomic mass is 9.86. The summed E-state index contributed by atoms with van der Waals surface area (Å²) in [6.45, 7) is 5.29. The van der Waals surface area contributed by atoms with E-state index in [2.05, 4.69) is 0 Å². The van der Waals surface area contributed by atoms with Gasteiger partial charge in [0.05, 0.1) is 5.56 Å². The fourth-order valence-electron chi connectivity index (χ4n) is 2.28. The van der Waals surface area contributed by atoms with Crippen molar-refractivity contribution in [3.05, 3.63) is 71.3 Å². The van der Waals surface area contributed by atoms with Crippen molar-refractivity contribution < 1.29 is 24.5 Å². The van der Waals surface area contributed by atoms with Crippen molar-refractivity contribution in [2.75, 3.05) is 0 Å². The fraction of sp³-hybridized carbons (Fsp3) is 0.263. The van der Waals surface area contributed by atoms with Gasteiger partial charge in [-0.25, -0.2) is 9.59 Å². The highest BCUT2D eigenvalue weighted by atomic mass is 16.6. The number of aliphatic hydroxyl groups is 1. The highest BCUT2D eigenvalue weighted by Crippen LogP contribution is 2.30. The Hall–Kier alpha value is -2.66. The van der Waals surface area contributed by atoms with Gasteiger partial charge in [0.15, 0.2) is 0 Å². The first-order valence-electron chi connectivity index (χ1n) is 7.50. The van der Waals surface area contributed by atoms with Crippen molar-refractivity contribution in [3.63, 3.8) is 0 Å². The van der Waals surface area contributed by atoms with Crippen molar-refractivity contribution in [1.82, 2.24) is 0 Å². The van der Waals surface area contributed by atoms with Gasteiger partial charge < -0.3 is 14.9 Å². The Morgan fingerprint density at radius 2 is 1.38 bits per heavy atom. The number of aliphatic carboxylic acids is 1. The lowest BCUT2D eigenvalue weighted by Gasteiger charge is -2.25. The summed E-state index contributed by atoms with van der Waals surface area (Å²) < 4.78 is 5.26. The molecule has 2 aromatic carbocycles. The van der Waals surface area contributed by atoms with Gasteiger partial charge in [-0.3, -0.25) is 0 Å². The maximum atomic E-state index is 12.0. The van der Waals surface area contributed by atoms with Gasteiger partial charge in [-0.15, -0.1) is 0 Å². The maximum Gasteiger partial charge on any atom is 0.345 e. The molecule has 0 radical (unpaired) electrons. The average Bonchev–Trinajstić information content (AvgIpc) is 2.53. The third-order valence-electron chi connectivity index (χ3n) is 3.44. The Labute approximate surface area is 140 Å². The van der Waals surface area contributed by atoms with E-state index in [1.807, 2.05) is 0 Å². The van der Waals surface area contributed by atoms with Crippen LogP contribution in [0.3, 0.4) is 0 Å². The van der Waals surface area contributed by atoms with Gasteiger partial charge in [-0.2, -0.15) is 0 Å². The minimum absolute atomic E-state index is 0.161. The van der Waals surface area contributed by atoms with E-state index < -0.39 is 23.1 Å². The van der Waals surface area contributed by atoms with Crippen LogP contribution >= 0.6 is 0 Å². The molecule has 2 rings (SSSR count). The highest BCUT2D eigenvalue weighted by Gasteiger charge is 2.40. The zero-order chi connectivity index (χ0) is 18.0. The molecule has 0 saturated heterocycles. The molecule has 0 aliphatic carbocycles. The molecule has 0 spiro atoms. The van der Waals surface area contributed by atoms with Crippen LogP contribution in [0.2, 0.25) is 0 Å². The standard InChI is InChI=1S/C19H20O5/c1-18(2,3)24-16(20)13-9-11-15(12-10-13)19(23,17(21)22)14-7-5-4-6-8-14/h4-12,23H,1-3H3,(H,21,22). The molecule has 0 bridgehead atoms. The number of benzene rings is 2. The maximum absolute atomic E-state index is 12.0. The quantitative estimate of drug-likeness (QED) is 0.843. The smallest absolute Gasteiger partial charge is 0.345 e. The summed E-state index contributed by atoms with van der Waals surface area (Å²) in [5, 5.41) is 20.3. The number of carbonyl (C=O) groups is 2. The first-order chi connectivity index (χ1) is 11.1. The lowest BCUT2D eigenvalue weighted by Crippen LogP contribution is -2.36. The Morgan fingerprint density at radius 1 is 0.875 bits per heavy atom. The minimum Gasteiger partial charge on any atom is -0.479 e. The summed E-state index contributed by atoms with van der Waals surface area (Å²) in [7, 11) is 0. The Balaban J connectivity index is 2.37. The van der Waals surface area contributed by atoms with E-state index in [0.717, 1.165) is 0 Å². The second-order valence-corrected chi connectivity index (χ2v) is 6.46. The zero-order valence-electron chi connectivity index (χ0n) is 13.8. The van der Waals surface area contributed by atoms with Crippen molar-refractivity contribution >= 4 is 11.9 Å². The van der Waals surface area contributed by atoms with Crippen LogP contribution < -0.4 is 0 Å². The van der Waals surface area contributed by atoms with E-state index in [-0.39, 0.29) is 16.7 Å². The number of carboxylic acids is 1. The monoisotopic (exact) mass is 328 g/mol. The molecule has 0 heterocycles. The number of rotatable bonds is 4. The SMILES string of the molecule is CC(C)(C)OC(=O)c1ccc(C(O)(C(=O)O)c2ccccc2)cc1. The van der Waals surface area contributed by atoms with Gasteiger partial charge in [0.1, 0.15) is 5.60 Å². The molecule has 2 aromatic rings. The van der Waals surface area contributed by atoms with E-state index in [0.29, 0.717) is 0 Å². The van der Waals surface area contributed by atoms with Gasteiger partial charge in [0.2, 0.25) is 5.60 Å². The average molecular weight is 328 g/mol. The molecule has 0 saturated carbocycles. The third-order valence-corrected chi connectivity index (χ3v) is 3.44. The fourth-order valence-corrected chi connectivity index (χ4v) is 2.28. The summed E-state index contributed by atoms with van der Waals surface area (Å²) in [6, 6.07) is 13.8. The number of hydrogen-bond acceptors (Lipinski definition) is 4. The first-order valence-corrected chi connectivity index (χ1v) is 7.50. The van der Waals surface area contributed by atoms with Crippen LogP contribution in [0.1, 0.15) is 42.3 Å². The van der Waals surface area contributed by atoms with Crippen molar-refractivity contribution in [2.24, 2.45) is 0 Å². The summed E-state index contributed by atoms with van der Waals surface area (Å²) in [4.78, 5) is 23.7. The molecule has 0 fully saturated rings. The molecular weight excluding hydrogens is 308 g/mol. The summed E-state index contributed by atoms with van der Waals surface area (Å²) in [6.07, 6.45) is 0. The van der Waals surface area contributed by atoms with E-state index >= 15 is 0 Å². The molecule has 0 amide bonds. The summed E-state index contributed by atoms with van der Waals surface area (Å²) in [5.74, 6) is -1.90. The Morgan fingerprint density at radius 3 is 1.83 bits per heavy atom. The van der Waals surface area contributed by atoms with Crippen LogP contribution in [0.15, 0.2) is 54.6 Å². The highest BCUT2D eigenvalue weighted by molar-refractivity contribution is 5.90. The first kappa shape index (κ1) is 17.7. The summed E-state index contributed by atoms with van der Waals surface area (Å²) >= 11 is 0. The van der Waals surface area contributed by atoms with Crippen molar-refractivity contribution in [1.29, 1.82) is 0 Å². The number of carbonyl (C=O) groups excluding carboxylic acids is 1. The van der Waals surface area contributed by atoms with Gasteiger partial charge in [0, 0.05) is 0 Å². The van der Waals surface area contributed by atoms with E-state index in [1.165, 1.54) is 36.4 Å². The van der Waals surface area contributed by atoms with Crippen LogP contribution in [0.25, 0.3) is 0 Å². The van der Waals surface area contributed by atoms with E-state index in [9.17, 15) is 19.8 Å². The Kier molecular flexibility index (Phi) is 4.76. The molecular formula is C19H20O5. The second-order valence-electron chi connectivity index (χ2n) is 6.46. The predicted molar refractivity (Wildman–Crippen MR) is 88.7 cm³/mol. The molecule has 1 atom stereocenters. The van der Waals surface area contributed by atoms with Crippen LogP contribution in [-0.2, 0) is 15.1 Å². The second kappa shape index (κ2) is 6.45. The third kappa shape index (κ3) is 3.63. The van der Waals surface area contributed by atoms with Crippen LogP contribution in [0.4, 0.5) is 0 Å². The zero-order valence-corrected chi connectivity index (χ0v) is 13.8. The topological polar surface area (TPSA) is 83.8 Å². The molecule has 126 valence electrons. The Bertz CT molecular complexity index is 729. The molecule has 24 heavy (non-hydrogen) atoms. The number of ether oxygens (including phenoxy) is 1. The molecule has 1 unspecified atom stereocenters. The lowest BCUT2D eigenvalue weighted by molar-refractivity contribution is -0.155. The minimum atomic E-state index is -2.19. The van der Waals surface area contributed by atoms with Crippen molar-refractivity contribution in [3.8, 4) is 0 Å². The molecule has 5 heteroatoms. The molecule has 0 aliphatic rings. The number of carboxylic acid groups (broad SMARTS) is 1. The number of esters is 1. The van der Waals surface area contributed by atoms with Crippen molar-refractivity contribution in [2.45, 2.75) is 32.0 Å². The van der Waals surface area contributed by atoms with Gasteiger partial charge in [-0.05, 0) is 44.0 Å². The van der Waals surface area contributed by atoms with Crippen LogP contribution in [-0.4, -0.2) is 27.8 Å². The van der Waals surface area contributed by atoms with Gasteiger partial charge >= 0.3 is 11.9 Å². The molecule has 5 nitrogen and oxygen atoms in total. The summed E-state index contributed by atoms with van der Waals surface area (Å²) in [5.41, 5.74) is -2.12. The molecule has 2 N–H and O–H groups in total.